The van der Waals surface area contributed by atoms with Crippen LogP contribution in [0.4, 0.5) is 0 Å². The maximum atomic E-state index is 11.1. The van der Waals surface area contributed by atoms with Crippen molar-refractivity contribution in [2.45, 2.75) is 30.7 Å². The first kappa shape index (κ1) is 23.4. The summed E-state index contributed by atoms with van der Waals surface area (Å²) in [6, 6.07) is 17.2. The van der Waals surface area contributed by atoms with E-state index in [0.29, 0.717) is 35.3 Å². The number of thioether (sulfide) groups is 1. The van der Waals surface area contributed by atoms with Gasteiger partial charge in [-0.3, -0.25) is 0 Å². The van der Waals surface area contributed by atoms with Crippen molar-refractivity contribution < 1.29 is 14.6 Å². The molecule has 0 radical (unpaired) electrons. The van der Waals surface area contributed by atoms with Gasteiger partial charge in [-0.05, 0) is 66.8 Å². The topological polar surface area (TPSA) is 79.4 Å². The summed E-state index contributed by atoms with van der Waals surface area (Å²) in [6.45, 7) is 9.61. The molecule has 0 aliphatic heterocycles. The van der Waals surface area contributed by atoms with Crippen molar-refractivity contribution in [1.82, 2.24) is 10.2 Å². The van der Waals surface area contributed by atoms with Crippen molar-refractivity contribution in [3.05, 3.63) is 102 Å². The molecule has 0 saturated heterocycles. The van der Waals surface area contributed by atoms with Gasteiger partial charge in [0.1, 0.15) is 11.5 Å². The number of nitrogens with zero attached hydrogens (tertiary/aromatic N) is 2. The lowest BCUT2D eigenvalue weighted by Crippen LogP contribution is -1.93. The lowest BCUT2D eigenvalue weighted by Gasteiger charge is -2.14. The Labute approximate surface area is 203 Å². The van der Waals surface area contributed by atoms with Gasteiger partial charge < -0.3 is 14.6 Å². The monoisotopic (exact) mass is 470 g/mol. The van der Waals surface area contributed by atoms with Crippen LogP contribution in [0.15, 0.2) is 89.5 Å². The molecule has 4 aromatic rings. The lowest BCUT2D eigenvalue weighted by atomic mass is 9.95. The first-order valence-corrected chi connectivity index (χ1v) is 11.9. The second-order valence-corrected chi connectivity index (χ2v) is 8.94. The molecule has 2 N–H and O–H groups in total. The highest BCUT2D eigenvalue weighted by Gasteiger charge is 2.16. The first-order chi connectivity index (χ1) is 16.5. The average Bonchev–Trinajstić information content (AvgIpc) is 3.30. The van der Waals surface area contributed by atoms with E-state index in [1.165, 1.54) is 11.8 Å². The summed E-state index contributed by atoms with van der Waals surface area (Å²) in [5, 5.41) is 30.0. The van der Waals surface area contributed by atoms with E-state index in [1.54, 1.807) is 18.2 Å². The van der Waals surface area contributed by atoms with Crippen LogP contribution in [0.1, 0.15) is 22.3 Å². The minimum absolute atomic E-state index is 0.189. The van der Waals surface area contributed by atoms with E-state index in [9.17, 15) is 10.2 Å². The van der Waals surface area contributed by atoms with Crippen LogP contribution in [0.25, 0.3) is 22.6 Å². The molecule has 6 heteroatoms. The third-order valence-electron chi connectivity index (χ3n) is 5.41. The Balaban J connectivity index is 1.62. The Morgan fingerprint density at radius 2 is 1.74 bits per heavy atom. The Bertz CT molecular complexity index is 1340. The third-order valence-corrected chi connectivity index (χ3v) is 6.27. The fourth-order valence-corrected chi connectivity index (χ4v) is 4.48. The van der Waals surface area contributed by atoms with Gasteiger partial charge in [-0.15, -0.1) is 23.4 Å². The Morgan fingerprint density at radius 1 is 0.912 bits per heavy atom. The summed E-state index contributed by atoms with van der Waals surface area (Å²) >= 11 is 1.37. The summed E-state index contributed by atoms with van der Waals surface area (Å²) < 4.78 is 5.84. The fourth-order valence-electron chi connectivity index (χ4n) is 3.75. The number of aromatic hydroxyl groups is 2. The largest absolute Gasteiger partial charge is 0.508 e. The zero-order valence-corrected chi connectivity index (χ0v) is 19.8. The van der Waals surface area contributed by atoms with Crippen LogP contribution in [0.5, 0.6) is 11.5 Å². The van der Waals surface area contributed by atoms with Crippen LogP contribution in [-0.4, -0.2) is 20.4 Å². The molecular weight excluding hydrogens is 444 g/mol. The molecule has 4 rings (SSSR count). The molecule has 0 spiro atoms. The number of hydrogen-bond acceptors (Lipinski definition) is 6. The highest BCUT2D eigenvalue weighted by molar-refractivity contribution is 7.98. The van der Waals surface area contributed by atoms with E-state index in [4.69, 9.17) is 4.42 Å². The second kappa shape index (κ2) is 10.4. The fraction of sp³-hybridized carbons (Fsp3) is 0.143. The van der Waals surface area contributed by atoms with Gasteiger partial charge in [0.05, 0.1) is 0 Å². The molecule has 5 nitrogen and oxygen atoms in total. The number of phenolic OH excluding ortho intramolecular Hbond substituents is 2. The smallest absolute Gasteiger partial charge is 0.277 e. The van der Waals surface area contributed by atoms with Crippen molar-refractivity contribution in [2.24, 2.45) is 0 Å². The third kappa shape index (κ3) is 5.24. The van der Waals surface area contributed by atoms with Gasteiger partial charge in [-0.2, -0.15) is 0 Å². The van der Waals surface area contributed by atoms with E-state index in [-0.39, 0.29) is 11.5 Å². The van der Waals surface area contributed by atoms with Crippen LogP contribution in [0, 0.1) is 6.92 Å². The summed E-state index contributed by atoms with van der Waals surface area (Å²) in [5.74, 6) is 1.32. The molecule has 0 atom stereocenters. The van der Waals surface area contributed by atoms with Gasteiger partial charge in [0.25, 0.3) is 5.22 Å². The summed E-state index contributed by atoms with van der Waals surface area (Å²) in [7, 11) is 0. The molecule has 3 aromatic carbocycles. The minimum atomic E-state index is 0.189. The van der Waals surface area contributed by atoms with E-state index in [2.05, 4.69) is 23.4 Å². The summed E-state index contributed by atoms with van der Waals surface area (Å²) in [5.41, 5.74) is 6.06. The Hall–Kier alpha value is -3.77. The van der Waals surface area contributed by atoms with E-state index >= 15 is 0 Å². The van der Waals surface area contributed by atoms with E-state index in [1.807, 2.05) is 55.5 Å². The molecule has 0 saturated carbocycles. The number of aromatic nitrogens is 2. The molecule has 172 valence electrons. The highest BCUT2D eigenvalue weighted by Crippen LogP contribution is 2.38. The molecule has 34 heavy (non-hydrogen) atoms. The van der Waals surface area contributed by atoms with Crippen molar-refractivity contribution in [3.63, 3.8) is 0 Å². The molecule has 0 unspecified atom stereocenters. The van der Waals surface area contributed by atoms with Gasteiger partial charge in [0.15, 0.2) is 0 Å². The van der Waals surface area contributed by atoms with E-state index in [0.717, 1.165) is 33.4 Å². The molecule has 0 bridgehead atoms. The number of phenols is 2. The van der Waals surface area contributed by atoms with Crippen LogP contribution in [0.3, 0.4) is 0 Å². The summed E-state index contributed by atoms with van der Waals surface area (Å²) in [4.78, 5) is 0. The number of rotatable bonds is 9. The number of allylic oxidation sites excluding steroid dienone is 2. The molecular formula is C28H26N2O3S. The lowest BCUT2D eigenvalue weighted by molar-refractivity contribution is 0.464. The quantitative estimate of drug-likeness (QED) is 0.205. The number of hydrogen-bond donors (Lipinski definition) is 2. The van der Waals surface area contributed by atoms with Gasteiger partial charge in [0, 0.05) is 22.4 Å². The highest BCUT2D eigenvalue weighted by atomic mass is 32.2. The Morgan fingerprint density at radius 3 is 2.50 bits per heavy atom. The van der Waals surface area contributed by atoms with Crippen LogP contribution < -0.4 is 0 Å². The van der Waals surface area contributed by atoms with Gasteiger partial charge in [-0.1, -0.05) is 53.7 Å². The molecule has 0 amide bonds. The normalized spacial score (nSPS) is 10.9. The van der Waals surface area contributed by atoms with Crippen LogP contribution in [-0.2, 0) is 18.6 Å². The van der Waals surface area contributed by atoms with Crippen LogP contribution in [0.2, 0.25) is 0 Å². The number of aryl methyl sites for hydroxylation is 1. The minimum Gasteiger partial charge on any atom is -0.508 e. The zero-order chi connectivity index (χ0) is 24.1. The van der Waals surface area contributed by atoms with Crippen molar-refractivity contribution in [3.8, 4) is 34.1 Å². The molecule has 0 aliphatic rings. The molecule has 1 heterocycles. The average molecular weight is 471 g/mol. The van der Waals surface area contributed by atoms with Crippen LogP contribution >= 0.6 is 11.8 Å². The van der Waals surface area contributed by atoms with E-state index < -0.39 is 0 Å². The van der Waals surface area contributed by atoms with Gasteiger partial charge >= 0.3 is 0 Å². The van der Waals surface area contributed by atoms with Crippen molar-refractivity contribution >= 4 is 11.8 Å². The molecule has 0 fully saturated rings. The van der Waals surface area contributed by atoms with Gasteiger partial charge in [0.2, 0.25) is 5.89 Å². The van der Waals surface area contributed by atoms with Crippen molar-refractivity contribution in [1.29, 1.82) is 0 Å². The molecule has 1 aromatic heterocycles. The van der Waals surface area contributed by atoms with Gasteiger partial charge in [-0.25, -0.2) is 0 Å². The predicted octanol–water partition coefficient (Wildman–Crippen LogP) is 6.87. The second-order valence-electron chi connectivity index (χ2n) is 8.01. The zero-order valence-electron chi connectivity index (χ0n) is 19.0. The maximum Gasteiger partial charge on any atom is 0.277 e. The molecule has 0 aliphatic carbocycles. The van der Waals surface area contributed by atoms with Crippen molar-refractivity contribution in [2.75, 3.05) is 0 Å². The SMILES string of the molecule is C=CCc1cc(CSc2nnc(-c3cccc(C)c3)o2)c(O)c(-c2ccc(O)c(CC=C)c2)c1. The Kier molecular flexibility index (Phi) is 7.18. The maximum absolute atomic E-state index is 11.1. The predicted molar refractivity (Wildman–Crippen MR) is 137 cm³/mol. The standard InChI is InChI=1S/C28H26N2O3S/c1-4-7-19-14-23(17-34-28-30-29-27(33-28)22-10-6-9-18(3)13-22)26(32)24(15-19)20-11-12-25(31)21(16-20)8-5-2/h4-6,9-16,31-32H,1-2,7-8,17H2,3H3. The first-order valence-electron chi connectivity index (χ1n) is 10.9. The number of benzene rings is 3. The summed E-state index contributed by atoms with van der Waals surface area (Å²) in [6.07, 6.45) is 4.78.